The first-order valence-electron chi connectivity index (χ1n) is 11.8. The van der Waals surface area contributed by atoms with Crippen molar-refractivity contribution in [3.8, 4) is 0 Å². The number of hydrogen-bond donors (Lipinski definition) is 4. The van der Waals surface area contributed by atoms with Gasteiger partial charge in [0.25, 0.3) is 11.1 Å². The van der Waals surface area contributed by atoms with Crippen molar-refractivity contribution in [2.75, 3.05) is 0 Å². The molecule has 0 aliphatic rings. The minimum atomic E-state index is -4.74. The summed E-state index contributed by atoms with van der Waals surface area (Å²) in [5.41, 5.74) is -2.14. The van der Waals surface area contributed by atoms with Gasteiger partial charge in [0.05, 0.1) is 32.5 Å². The monoisotopic (exact) mass is 614 g/mol. The van der Waals surface area contributed by atoms with Crippen LogP contribution in [0.25, 0.3) is 43.1 Å². The number of nitrogens with one attached hydrogen (secondary N) is 2. The molecule has 212 valence electrons. The first kappa shape index (κ1) is 28.7. The van der Waals surface area contributed by atoms with Crippen LogP contribution in [0.4, 0.5) is 13.2 Å². The van der Waals surface area contributed by atoms with Crippen molar-refractivity contribution in [1.29, 1.82) is 0 Å². The zero-order valence-electron chi connectivity index (χ0n) is 20.8. The smallest absolute Gasteiger partial charge is 0.417 e. The Bertz CT molecular complexity index is 2230. The molecule has 0 saturated carbocycles. The summed E-state index contributed by atoms with van der Waals surface area (Å²) in [7, 11) is 0. The van der Waals surface area contributed by atoms with E-state index in [9.17, 15) is 42.6 Å². The molecule has 0 amide bonds. The van der Waals surface area contributed by atoms with Gasteiger partial charge in [0.2, 0.25) is 0 Å². The molecule has 0 spiro atoms. The fourth-order valence-corrected chi connectivity index (χ4v) is 5.22. The first-order valence-corrected chi connectivity index (χ1v) is 12.6. The lowest BCUT2D eigenvalue weighted by Crippen LogP contribution is -2.10. The minimum Gasteiger partial charge on any atom is -0.478 e. The highest BCUT2D eigenvalue weighted by molar-refractivity contribution is 6.33. The summed E-state index contributed by atoms with van der Waals surface area (Å²) in [4.78, 5) is 51.6. The lowest BCUT2D eigenvalue weighted by atomic mass is 9.96. The van der Waals surface area contributed by atoms with Gasteiger partial charge in [0, 0.05) is 17.4 Å². The highest BCUT2D eigenvalue weighted by Gasteiger charge is 2.34. The van der Waals surface area contributed by atoms with E-state index < -0.39 is 34.3 Å². The molecule has 0 bridgehead atoms. The molecule has 0 aliphatic carbocycles. The summed E-state index contributed by atoms with van der Waals surface area (Å²) in [6, 6.07) is 12.3. The molecule has 0 unspecified atom stereocenters. The van der Waals surface area contributed by atoms with E-state index in [4.69, 9.17) is 23.2 Å². The molecule has 6 rings (SSSR count). The summed E-state index contributed by atoms with van der Waals surface area (Å²) >= 11 is 11.6. The molecule has 0 aliphatic heterocycles. The van der Waals surface area contributed by atoms with Crippen LogP contribution in [0.5, 0.6) is 0 Å². The summed E-state index contributed by atoms with van der Waals surface area (Å²) in [6.45, 7) is 0. The summed E-state index contributed by atoms with van der Waals surface area (Å²) in [6.07, 6.45) is -1.91. The molecule has 4 N–H and O–H groups in total. The molecule has 0 saturated heterocycles. The Balaban J connectivity index is 0.000000171. The van der Waals surface area contributed by atoms with E-state index in [1.807, 2.05) is 0 Å². The van der Waals surface area contributed by atoms with Crippen LogP contribution in [-0.2, 0) is 6.18 Å². The number of halogens is 5. The predicted molar refractivity (Wildman–Crippen MR) is 153 cm³/mol. The summed E-state index contributed by atoms with van der Waals surface area (Å²) in [5.74, 6) is -2.44. The quantitative estimate of drug-likeness (QED) is 0.154. The zero-order valence-corrected chi connectivity index (χ0v) is 22.3. The maximum atomic E-state index is 13.0. The van der Waals surface area contributed by atoms with Crippen molar-refractivity contribution >= 4 is 78.2 Å². The molecular formula is C29H15Cl2F3N2O6. The second kappa shape index (κ2) is 10.5. The minimum absolute atomic E-state index is 0.0553. The number of H-pyrrole nitrogens is 2. The van der Waals surface area contributed by atoms with E-state index in [0.717, 1.165) is 6.07 Å². The summed E-state index contributed by atoms with van der Waals surface area (Å²) < 4.78 is 39.0. The van der Waals surface area contributed by atoms with Gasteiger partial charge in [-0.25, -0.2) is 9.59 Å². The Kier molecular flexibility index (Phi) is 7.17. The van der Waals surface area contributed by atoms with Crippen LogP contribution in [0, 0.1) is 0 Å². The number of alkyl halides is 3. The SMILES string of the molecule is O=C(O)c1cc2cc[nH]c(=O)c2c2cc(Cl)c(C(F)(F)F)cc12.O=C(O)c1cc2cc[nH]c(=O)c2c2ccc(Cl)cc12. The predicted octanol–water partition coefficient (Wildman–Crippen LogP) is 7.08. The molecule has 6 aromatic rings. The van der Waals surface area contributed by atoms with Crippen LogP contribution < -0.4 is 11.1 Å². The van der Waals surface area contributed by atoms with Crippen molar-refractivity contribution in [2.24, 2.45) is 0 Å². The molecular weight excluding hydrogens is 600 g/mol. The van der Waals surface area contributed by atoms with Gasteiger partial charge in [-0.15, -0.1) is 0 Å². The maximum absolute atomic E-state index is 13.0. The fraction of sp³-hybridized carbons (Fsp3) is 0.0345. The number of carboxylic acid groups (broad SMARTS) is 2. The van der Waals surface area contributed by atoms with Gasteiger partial charge in [0.1, 0.15) is 0 Å². The van der Waals surface area contributed by atoms with E-state index >= 15 is 0 Å². The molecule has 0 fully saturated rings. The number of pyridine rings is 2. The van der Waals surface area contributed by atoms with Crippen LogP contribution in [0.15, 0.2) is 76.6 Å². The first-order chi connectivity index (χ1) is 19.8. The van der Waals surface area contributed by atoms with Crippen LogP contribution >= 0.6 is 23.2 Å². The highest BCUT2D eigenvalue weighted by Crippen LogP contribution is 2.39. The molecule has 4 aromatic carbocycles. The number of fused-ring (bicyclic) bond motifs is 6. The third-order valence-corrected chi connectivity index (χ3v) is 7.11. The average molecular weight is 615 g/mol. The van der Waals surface area contributed by atoms with Gasteiger partial charge in [-0.3, -0.25) is 9.59 Å². The lowest BCUT2D eigenvalue weighted by molar-refractivity contribution is -0.137. The number of hydrogen-bond acceptors (Lipinski definition) is 4. The van der Waals surface area contributed by atoms with Crippen molar-refractivity contribution < 1.29 is 33.0 Å². The van der Waals surface area contributed by atoms with Crippen molar-refractivity contribution in [3.05, 3.63) is 114 Å². The maximum Gasteiger partial charge on any atom is 0.417 e. The number of aromatic amines is 2. The van der Waals surface area contributed by atoms with Gasteiger partial charge < -0.3 is 20.2 Å². The number of carbonyl (C=O) groups is 2. The van der Waals surface area contributed by atoms with Gasteiger partial charge in [-0.2, -0.15) is 13.2 Å². The van der Waals surface area contributed by atoms with E-state index in [2.05, 4.69) is 9.97 Å². The molecule has 2 heterocycles. The van der Waals surface area contributed by atoms with Crippen molar-refractivity contribution in [2.45, 2.75) is 6.18 Å². The molecule has 2 aromatic heterocycles. The van der Waals surface area contributed by atoms with Gasteiger partial charge in [0.15, 0.2) is 0 Å². The fourth-order valence-electron chi connectivity index (χ4n) is 4.78. The Morgan fingerprint density at radius 1 is 0.667 bits per heavy atom. The Morgan fingerprint density at radius 3 is 1.67 bits per heavy atom. The topological polar surface area (TPSA) is 140 Å². The van der Waals surface area contributed by atoms with Crippen LogP contribution in [0.2, 0.25) is 10.0 Å². The van der Waals surface area contributed by atoms with Gasteiger partial charge in [-0.1, -0.05) is 29.3 Å². The van der Waals surface area contributed by atoms with Crippen LogP contribution in [0.3, 0.4) is 0 Å². The largest absolute Gasteiger partial charge is 0.478 e. The van der Waals surface area contributed by atoms with Crippen molar-refractivity contribution in [1.82, 2.24) is 9.97 Å². The Morgan fingerprint density at radius 2 is 1.17 bits per heavy atom. The van der Waals surface area contributed by atoms with E-state index in [1.54, 1.807) is 24.3 Å². The van der Waals surface area contributed by atoms with Gasteiger partial charge >= 0.3 is 18.1 Å². The third-order valence-electron chi connectivity index (χ3n) is 6.56. The molecule has 13 heteroatoms. The Hall–Kier alpha value is -4.87. The number of rotatable bonds is 2. The van der Waals surface area contributed by atoms with Gasteiger partial charge in [-0.05, 0) is 80.8 Å². The van der Waals surface area contributed by atoms with Crippen LogP contribution in [0.1, 0.15) is 26.3 Å². The summed E-state index contributed by atoms with van der Waals surface area (Å²) in [5, 5.41) is 20.7. The van der Waals surface area contributed by atoms with E-state index in [-0.39, 0.29) is 32.8 Å². The number of aromatic nitrogens is 2. The number of benzene rings is 4. The molecule has 8 nitrogen and oxygen atoms in total. The second-order valence-corrected chi connectivity index (χ2v) is 9.91. The molecule has 42 heavy (non-hydrogen) atoms. The number of carboxylic acids is 2. The van der Waals surface area contributed by atoms with Crippen molar-refractivity contribution in [3.63, 3.8) is 0 Å². The molecule has 0 atom stereocenters. The second-order valence-electron chi connectivity index (χ2n) is 9.07. The third kappa shape index (κ3) is 5.04. The standard InChI is InChI=1S/C15H7ClF3NO3.C14H8ClNO3/c16-11-5-8-7(4-10(11)15(17,18)19)9(14(22)23)3-6-1-2-20-13(21)12(6)8;15-8-1-2-9-10(6-8)11(14(18)19)5-7-3-4-16-13(17)12(7)9/h1-5H,(H,20,21)(H,22,23);1-6H,(H,16,17)(H,18,19). The van der Waals surface area contributed by atoms with Crippen LogP contribution in [-0.4, -0.2) is 32.1 Å². The number of aromatic carboxylic acids is 2. The zero-order chi connectivity index (χ0) is 30.5. The Labute approximate surface area is 241 Å². The normalized spacial score (nSPS) is 11.5. The molecule has 0 radical (unpaired) electrons. The van der Waals surface area contributed by atoms with E-state index in [0.29, 0.717) is 38.0 Å². The average Bonchev–Trinajstić information content (AvgIpc) is 2.91. The lowest BCUT2D eigenvalue weighted by Gasteiger charge is -2.13. The van der Waals surface area contributed by atoms with E-state index in [1.165, 1.54) is 30.6 Å². The highest BCUT2D eigenvalue weighted by atomic mass is 35.5.